The van der Waals surface area contributed by atoms with E-state index < -0.39 is 5.97 Å². The van der Waals surface area contributed by atoms with Gasteiger partial charge in [-0.3, -0.25) is 4.79 Å². The number of rotatable bonds is 5. The summed E-state index contributed by atoms with van der Waals surface area (Å²) in [4.78, 5) is 22.9. The number of carbonyl (C=O) groups is 2. The van der Waals surface area contributed by atoms with Crippen LogP contribution in [0.1, 0.15) is 17.3 Å². The van der Waals surface area contributed by atoms with Crippen LogP contribution in [0.25, 0.3) is 0 Å². The van der Waals surface area contributed by atoms with Gasteiger partial charge in [0, 0.05) is 10.0 Å². The summed E-state index contributed by atoms with van der Waals surface area (Å²) in [5, 5.41) is 0.327. The number of ketones is 1. The number of Topliss-reactive ketones (excluding diaryl/α,β-unsaturated/α-hetero) is 1. The van der Waals surface area contributed by atoms with Crippen LogP contribution in [-0.2, 0) is 4.79 Å². The van der Waals surface area contributed by atoms with Crippen molar-refractivity contribution in [2.24, 2.45) is 0 Å². The van der Waals surface area contributed by atoms with Crippen LogP contribution in [-0.4, -0.2) is 18.4 Å². The van der Waals surface area contributed by atoms with E-state index in [1.165, 1.54) is 6.92 Å². The molecule has 0 radical (unpaired) electrons. The summed E-state index contributed by atoms with van der Waals surface area (Å²) in [7, 11) is 0. The van der Waals surface area contributed by atoms with Crippen molar-refractivity contribution in [3.8, 4) is 11.5 Å². The molecule has 0 unspecified atom stereocenters. The molecule has 0 aromatic heterocycles. The Balaban J connectivity index is 1.91. The molecule has 0 amide bonds. The summed E-state index contributed by atoms with van der Waals surface area (Å²) in [5.74, 6) is 0.143. The standard InChI is InChI=1S/C16H12BrClO4/c1-10(19)11-2-5-13(6-3-11)21-9-16(20)22-15-7-4-12(17)8-14(15)18/h2-8H,9H2,1H3. The van der Waals surface area contributed by atoms with Crippen LogP contribution < -0.4 is 9.47 Å². The van der Waals surface area contributed by atoms with E-state index in [-0.39, 0.29) is 18.1 Å². The Morgan fingerprint density at radius 3 is 2.41 bits per heavy atom. The third kappa shape index (κ3) is 4.58. The quantitative estimate of drug-likeness (QED) is 0.439. The maximum atomic E-state index is 11.7. The average Bonchev–Trinajstić information content (AvgIpc) is 2.48. The Morgan fingerprint density at radius 1 is 1.14 bits per heavy atom. The lowest BCUT2D eigenvalue weighted by molar-refractivity contribution is -0.136. The third-order valence-corrected chi connectivity index (χ3v) is 3.52. The molecule has 0 saturated heterocycles. The van der Waals surface area contributed by atoms with E-state index in [2.05, 4.69) is 15.9 Å². The second-order valence-corrected chi connectivity index (χ2v) is 5.74. The van der Waals surface area contributed by atoms with Crippen molar-refractivity contribution in [3.63, 3.8) is 0 Å². The summed E-state index contributed by atoms with van der Waals surface area (Å²) in [6.45, 7) is 1.22. The number of benzene rings is 2. The summed E-state index contributed by atoms with van der Waals surface area (Å²) < 4.78 is 11.2. The number of halogens is 2. The Bertz CT molecular complexity index is 698. The molecule has 2 rings (SSSR count). The Morgan fingerprint density at radius 2 is 1.82 bits per heavy atom. The van der Waals surface area contributed by atoms with Crippen molar-refractivity contribution < 1.29 is 19.1 Å². The van der Waals surface area contributed by atoms with Crippen LogP contribution >= 0.6 is 27.5 Å². The predicted octanol–water partition coefficient (Wildman–Crippen LogP) is 4.29. The first-order valence-corrected chi connectivity index (χ1v) is 7.52. The molecule has 0 saturated carbocycles. The highest BCUT2D eigenvalue weighted by Gasteiger charge is 2.10. The molecule has 0 fully saturated rings. The molecule has 0 aliphatic heterocycles. The maximum absolute atomic E-state index is 11.7. The molecular weight excluding hydrogens is 372 g/mol. The molecule has 0 atom stereocenters. The number of hydrogen-bond donors (Lipinski definition) is 0. The van der Waals surface area contributed by atoms with Crippen LogP contribution in [0.3, 0.4) is 0 Å². The lowest BCUT2D eigenvalue weighted by atomic mass is 10.1. The molecule has 2 aromatic carbocycles. The van der Waals surface area contributed by atoms with Gasteiger partial charge in [-0.05, 0) is 49.4 Å². The second kappa shape index (κ2) is 7.42. The molecule has 22 heavy (non-hydrogen) atoms. The fraction of sp³-hybridized carbons (Fsp3) is 0.125. The lowest BCUT2D eigenvalue weighted by Gasteiger charge is -2.08. The van der Waals surface area contributed by atoms with Crippen molar-refractivity contribution in [3.05, 3.63) is 57.5 Å². The van der Waals surface area contributed by atoms with Crippen LogP contribution in [0.5, 0.6) is 11.5 Å². The van der Waals surface area contributed by atoms with Gasteiger partial charge in [0.05, 0.1) is 5.02 Å². The number of esters is 1. The van der Waals surface area contributed by atoms with Gasteiger partial charge in [0.25, 0.3) is 0 Å². The van der Waals surface area contributed by atoms with Crippen LogP contribution in [0.15, 0.2) is 46.9 Å². The van der Waals surface area contributed by atoms with E-state index in [9.17, 15) is 9.59 Å². The van der Waals surface area contributed by atoms with E-state index in [4.69, 9.17) is 21.1 Å². The van der Waals surface area contributed by atoms with Crippen molar-refractivity contribution in [2.45, 2.75) is 6.92 Å². The minimum atomic E-state index is -0.570. The molecule has 0 aliphatic carbocycles. The molecule has 114 valence electrons. The summed E-state index contributed by atoms with van der Waals surface area (Å²) in [6, 6.07) is 11.4. The molecule has 6 heteroatoms. The SMILES string of the molecule is CC(=O)c1ccc(OCC(=O)Oc2ccc(Br)cc2Cl)cc1. The number of carbonyl (C=O) groups excluding carboxylic acids is 2. The lowest BCUT2D eigenvalue weighted by Crippen LogP contribution is -2.17. The topological polar surface area (TPSA) is 52.6 Å². The van der Waals surface area contributed by atoms with Gasteiger partial charge >= 0.3 is 5.97 Å². The average molecular weight is 384 g/mol. The zero-order valence-corrected chi connectivity index (χ0v) is 14.0. The van der Waals surface area contributed by atoms with Crippen LogP contribution in [0.2, 0.25) is 5.02 Å². The summed E-state index contributed by atoms with van der Waals surface area (Å²) >= 11 is 9.22. The van der Waals surface area contributed by atoms with Crippen molar-refractivity contribution >= 4 is 39.3 Å². The first-order chi connectivity index (χ1) is 10.5. The largest absolute Gasteiger partial charge is 0.482 e. The Hall–Kier alpha value is -1.85. The van der Waals surface area contributed by atoms with E-state index in [1.807, 2.05) is 0 Å². The van der Waals surface area contributed by atoms with Gasteiger partial charge in [0.1, 0.15) is 11.5 Å². The van der Waals surface area contributed by atoms with Crippen LogP contribution in [0, 0.1) is 0 Å². The monoisotopic (exact) mass is 382 g/mol. The van der Waals surface area contributed by atoms with Crippen molar-refractivity contribution in [1.29, 1.82) is 0 Å². The molecule has 0 bridgehead atoms. The van der Waals surface area contributed by atoms with Gasteiger partial charge in [-0.25, -0.2) is 4.79 Å². The Labute approximate surface area is 141 Å². The molecule has 4 nitrogen and oxygen atoms in total. The van der Waals surface area contributed by atoms with Gasteiger partial charge in [-0.1, -0.05) is 27.5 Å². The zero-order valence-electron chi connectivity index (χ0n) is 11.6. The Kier molecular flexibility index (Phi) is 5.57. The van der Waals surface area contributed by atoms with Gasteiger partial charge in [0.2, 0.25) is 0 Å². The minimum absolute atomic E-state index is 0.0316. The molecule has 0 N–H and O–H groups in total. The van der Waals surface area contributed by atoms with Crippen LogP contribution in [0.4, 0.5) is 0 Å². The zero-order chi connectivity index (χ0) is 16.1. The number of hydrogen-bond acceptors (Lipinski definition) is 4. The van der Waals surface area contributed by atoms with Crippen molar-refractivity contribution in [2.75, 3.05) is 6.61 Å². The fourth-order valence-electron chi connectivity index (χ4n) is 1.64. The highest BCUT2D eigenvalue weighted by molar-refractivity contribution is 9.10. The molecule has 0 spiro atoms. The van der Waals surface area contributed by atoms with Gasteiger partial charge < -0.3 is 9.47 Å². The van der Waals surface area contributed by atoms with E-state index in [0.29, 0.717) is 16.3 Å². The maximum Gasteiger partial charge on any atom is 0.349 e. The summed E-state index contributed by atoms with van der Waals surface area (Å²) in [5.41, 5.74) is 0.580. The second-order valence-electron chi connectivity index (χ2n) is 4.42. The molecule has 2 aromatic rings. The first kappa shape index (κ1) is 16.5. The molecule has 0 aliphatic rings. The van der Waals surface area contributed by atoms with Gasteiger partial charge in [-0.2, -0.15) is 0 Å². The van der Waals surface area contributed by atoms with Crippen molar-refractivity contribution in [1.82, 2.24) is 0 Å². The fourth-order valence-corrected chi connectivity index (χ4v) is 2.35. The summed E-state index contributed by atoms with van der Waals surface area (Å²) in [6.07, 6.45) is 0. The molecular formula is C16H12BrClO4. The van der Waals surface area contributed by atoms with Gasteiger partial charge in [0.15, 0.2) is 12.4 Å². The normalized spacial score (nSPS) is 10.1. The molecule has 0 heterocycles. The smallest absolute Gasteiger partial charge is 0.349 e. The van der Waals surface area contributed by atoms with E-state index in [1.54, 1.807) is 42.5 Å². The highest BCUT2D eigenvalue weighted by atomic mass is 79.9. The van der Waals surface area contributed by atoms with E-state index >= 15 is 0 Å². The third-order valence-electron chi connectivity index (χ3n) is 2.74. The predicted molar refractivity (Wildman–Crippen MR) is 86.7 cm³/mol. The minimum Gasteiger partial charge on any atom is -0.482 e. The van der Waals surface area contributed by atoms with E-state index in [0.717, 1.165) is 4.47 Å². The van der Waals surface area contributed by atoms with Gasteiger partial charge in [-0.15, -0.1) is 0 Å². The first-order valence-electron chi connectivity index (χ1n) is 6.35. The number of ether oxygens (including phenoxy) is 2. The highest BCUT2D eigenvalue weighted by Crippen LogP contribution is 2.27.